The molecule has 1 saturated heterocycles. The van der Waals surface area contributed by atoms with Crippen LogP contribution in [0.5, 0.6) is 0 Å². The summed E-state index contributed by atoms with van der Waals surface area (Å²) in [6.07, 6.45) is 0.679. The van der Waals surface area contributed by atoms with Gasteiger partial charge >= 0.3 is 0 Å². The minimum atomic E-state index is -3.05. The van der Waals surface area contributed by atoms with Crippen LogP contribution >= 0.6 is 0 Å². The predicted molar refractivity (Wildman–Crippen MR) is 55.7 cm³/mol. The summed E-state index contributed by atoms with van der Waals surface area (Å²) in [5.41, 5.74) is 0. The molecule has 5 heteroatoms. The first kappa shape index (κ1) is 11.9. The normalized spacial score (nSPS) is 30.5. The fourth-order valence-corrected chi connectivity index (χ4v) is 3.39. The molecule has 0 aromatic carbocycles. The summed E-state index contributed by atoms with van der Waals surface area (Å²) in [6.45, 7) is 6.68. The van der Waals surface area contributed by atoms with Crippen LogP contribution in [0.15, 0.2) is 0 Å². The van der Waals surface area contributed by atoms with Crippen LogP contribution < -0.4 is 0 Å². The molecule has 0 saturated carbocycles. The highest BCUT2D eigenvalue weighted by Crippen LogP contribution is 2.15. The second-order valence-electron chi connectivity index (χ2n) is 3.89. The number of sulfonamides is 1. The predicted octanol–water partition coefficient (Wildman–Crippen LogP) is 0.835. The molecule has 4 nitrogen and oxygen atoms in total. The number of hydrogen-bond donors (Lipinski definition) is 0. The lowest BCUT2D eigenvalue weighted by Crippen LogP contribution is -2.48. The third kappa shape index (κ3) is 2.93. The van der Waals surface area contributed by atoms with Crippen molar-refractivity contribution in [3.63, 3.8) is 0 Å². The first-order valence-electron chi connectivity index (χ1n) is 5.09. The fraction of sp³-hybridized carbons (Fsp3) is 1.00. The second-order valence-corrected chi connectivity index (χ2v) is 5.98. The Hall–Kier alpha value is -0.130. The van der Waals surface area contributed by atoms with Crippen molar-refractivity contribution < 1.29 is 13.2 Å². The van der Waals surface area contributed by atoms with Gasteiger partial charge < -0.3 is 4.74 Å². The van der Waals surface area contributed by atoms with E-state index in [2.05, 4.69) is 0 Å². The molecule has 1 fully saturated rings. The Bertz CT molecular complexity index is 266. The molecule has 14 heavy (non-hydrogen) atoms. The quantitative estimate of drug-likeness (QED) is 0.709. The lowest BCUT2D eigenvalue weighted by molar-refractivity contribution is -0.0440. The maximum Gasteiger partial charge on any atom is 0.214 e. The van der Waals surface area contributed by atoms with Gasteiger partial charge in [-0.05, 0) is 20.3 Å². The molecule has 0 spiro atoms. The monoisotopic (exact) mass is 221 g/mol. The summed E-state index contributed by atoms with van der Waals surface area (Å²) in [5, 5.41) is 0. The molecule has 2 atom stereocenters. The molecule has 84 valence electrons. The van der Waals surface area contributed by atoms with E-state index >= 15 is 0 Å². The molecule has 1 aliphatic rings. The van der Waals surface area contributed by atoms with Crippen molar-refractivity contribution in [1.29, 1.82) is 0 Å². The maximum atomic E-state index is 11.7. The number of ether oxygens (including phenoxy) is 1. The van der Waals surface area contributed by atoms with Gasteiger partial charge in [0.05, 0.1) is 18.0 Å². The smallest absolute Gasteiger partial charge is 0.214 e. The number of morpholine rings is 1. The summed E-state index contributed by atoms with van der Waals surface area (Å²) >= 11 is 0. The van der Waals surface area contributed by atoms with Gasteiger partial charge in [0.2, 0.25) is 10.0 Å². The van der Waals surface area contributed by atoms with E-state index in [-0.39, 0.29) is 18.0 Å². The summed E-state index contributed by atoms with van der Waals surface area (Å²) in [5.74, 6) is 0.242. The average Bonchev–Trinajstić information content (AvgIpc) is 2.02. The van der Waals surface area contributed by atoms with Gasteiger partial charge in [-0.1, -0.05) is 6.92 Å². The van der Waals surface area contributed by atoms with E-state index in [1.165, 1.54) is 0 Å². The minimum Gasteiger partial charge on any atom is -0.373 e. The molecular weight excluding hydrogens is 202 g/mol. The van der Waals surface area contributed by atoms with Gasteiger partial charge in [0, 0.05) is 13.1 Å². The summed E-state index contributed by atoms with van der Waals surface area (Å²) < 4.78 is 30.5. The van der Waals surface area contributed by atoms with Crippen LogP contribution in [0.25, 0.3) is 0 Å². The molecule has 0 N–H and O–H groups in total. The lowest BCUT2D eigenvalue weighted by Gasteiger charge is -2.34. The van der Waals surface area contributed by atoms with Crippen LogP contribution in [0.2, 0.25) is 0 Å². The third-order valence-corrected chi connectivity index (χ3v) is 4.25. The molecule has 1 rings (SSSR count). The topological polar surface area (TPSA) is 46.6 Å². The van der Waals surface area contributed by atoms with Crippen molar-refractivity contribution in [2.45, 2.75) is 39.4 Å². The number of nitrogens with zero attached hydrogens (tertiary/aromatic N) is 1. The Morgan fingerprint density at radius 3 is 2.21 bits per heavy atom. The van der Waals surface area contributed by atoms with E-state index in [1.807, 2.05) is 20.8 Å². The lowest BCUT2D eigenvalue weighted by atomic mass is 10.3. The summed E-state index contributed by atoms with van der Waals surface area (Å²) in [4.78, 5) is 0. The van der Waals surface area contributed by atoms with Gasteiger partial charge in [-0.2, -0.15) is 4.31 Å². The van der Waals surface area contributed by atoms with E-state index in [0.29, 0.717) is 19.5 Å². The average molecular weight is 221 g/mol. The Morgan fingerprint density at radius 2 is 1.79 bits per heavy atom. The largest absolute Gasteiger partial charge is 0.373 e. The van der Waals surface area contributed by atoms with E-state index in [1.54, 1.807) is 4.31 Å². The SMILES string of the molecule is CCCS(=O)(=O)N1C[C@@H](C)O[C@H](C)C1. The van der Waals surface area contributed by atoms with Crippen LogP contribution in [-0.2, 0) is 14.8 Å². The van der Waals surface area contributed by atoms with Crippen molar-refractivity contribution in [3.05, 3.63) is 0 Å². The first-order chi connectivity index (χ1) is 6.45. The van der Waals surface area contributed by atoms with Crippen molar-refractivity contribution in [2.75, 3.05) is 18.8 Å². The van der Waals surface area contributed by atoms with Crippen LogP contribution in [-0.4, -0.2) is 43.8 Å². The van der Waals surface area contributed by atoms with Gasteiger partial charge in [-0.3, -0.25) is 0 Å². The molecule has 0 aliphatic carbocycles. The number of rotatable bonds is 3. The highest BCUT2D eigenvalue weighted by Gasteiger charge is 2.29. The Kier molecular flexibility index (Phi) is 3.92. The van der Waals surface area contributed by atoms with E-state index in [4.69, 9.17) is 4.74 Å². The molecule has 0 radical (unpaired) electrons. The van der Waals surface area contributed by atoms with Gasteiger partial charge in [-0.25, -0.2) is 8.42 Å². The van der Waals surface area contributed by atoms with Crippen molar-refractivity contribution in [3.8, 4) is 0 Å². The summed E-state index contributed by atoms with van der Waals surface area (Å²) in [7, 11) is -3.05. The maximum absolute atomic E-state index is 11.7. The highest BCUT2D eigenvalue weighted by molar-refractivity contribution is 7.89. The van der Waals surface area contributed by atoms with Crippen molar-refractivity contribution in [1.82, 2.24) is 4.31 Å². The van der Waals surface area contributed by atoms with Crippen LogP contribution in [0.4, 0.5) is 0 Å². The molecule has 0 bridgehead atoms. The van der Waals surface area contributed by atoms with Gasteiger partial charge in [-0.15, -0.1) is 0 Å². The Morgan fingerprint density at radius 1 is 1.29 bits per heavy atom. The second kappa shape index (κ2) is 4.59. The van der Waals surface area contributed by atoms with Gasteiger partial charge in [0.1, 0.15) is 0 Å². The van der Waals surface area contributed by atoms with Gasteiger partial charge in [0.25, 0.3) is 0 Å². The van der Waals surface area contributed by atoms with Crippen molar-refractivity contribution >= 4 is 10.0 Å². The standard InChI is InChI=1S/C9H19NO3S/c1-4-5-14(11,12)10-6-8(2)13-9(3)7-10/h8-9H,4-7H2,1-3H3/t8-,9-/m1/s1. The third-order valence-electron chi connectivity index (χ3n) is 2.24. The zero-order chi connectivity index (χ0) is 10.8. The highest BCUT2D eigenvalue weighted by atomic mass is 32.2. The summed E-state index contributed by atoms with van der Waals surface area (Å²) in [6, 6.07) is 0. The molecule has 0 amide bonds. The molecule has 0 aromatic heterocycles. The minimum absolute atomic E-state index is 0.00498. The molecule has 1 aliphatic heterocycles. The first-order valence-corrected chi connectivity index (χ1v) is 6.70. The zero-order valence-corrected chi connectivity index (χ0v) is 9.88. The van der Waals surface area contributed by atoms with Crippen LogP contribution in [0, 0.1) is 0 Å². The van der Waals surface area contributed by atoms with Crippen LogP contribution in [0.3, 0.4) is 0 Å². The van der Waals surface area contributed by atoms with Gasteiger partial charge in [0.15, 0.2) is 0 Å². The molecule has 0 unspecified atom stereocenters. The Labute approximate surface area is 86.3 Å². The molecule has 1 heterocycles. The Balaban J connectivity index is 2.68. The van der Waals surface area contributed by atoms with E-state index in [0.717, 1.165) is 0 Å². The van der Waals surface area contributed by atoms with Crippen molar-refractivity contribution in [2.24, 2.45) is 0 Å². The van der Waals surface area contributed by atoms with Crippen LogP contribution in [0.1, 0.15) is 27.2 Å². The number of hydrogen-bond acceptors (Lipinski definition) is 3. The molecular formula is C9H19NO3S. The zero-order valence-electron chi connectivity index (χ0n) is 9.06. The van der Waals surface area contributed by atoms with E-state index < -0.39 is 10.0 Å². The fourth-order valence-electron chi connectivity index (χ4n) is 1.74. The molecule has 0 aromatic rings. The van der Waals surface area contributed by atoms with E-state index in [9.17, 15) is 8.42 Å².